The van der Waals surface area contributed by atoms with Gasteiger partial charge in [0.15, 0.2) is 6.04 Å². The third-order valence-electron chi connectivity index (χ3n) is 3.73. The molecule has 1 heterocycles. The fourth-order valence-electron chi connectivity index (χ4n) is 2.85. The highest BCUT2D eigenvalue weighted by molar-refractivity contribution is 5.80. The standard InChI is InChI=1S/C14H29N3O/c1-11-8-12(2)10-17(9-11)14(18)13(3)15-6-7-16(4)5/h11-13,15H,6-10H2,1-5H3/p+2/t11-,12-,13-/m1/s1. The van der Waals surface area contributed by atoms with Crippen LogP contribution in [0, 0.1) is 11.8 Å². The van der Waals surface area contributed by atoms with E-state index >= 15 is 0 Å². The summed E-state index contributed by atoms with van der Waals surface area (Å²) in [6.07, 6.45) is 1.26. The summed E-state index contributed by atoms with van der Waals surface area (Å²) in [5.41, 5.74) is 0. The van der Waals surface area contributed by atoms with E-state index in [0.717, 1.165) is 26.2 Å². The van der Waals surface area contributed by atoms with Crippen molar-refractivity contribution >= 4 is 5.91 Å². The minimum atomic E-state index is 0.0712. The maximum Gasteiger partial charge on any atom is 0.280 e. The third kappa shape index (κ3) is 4.94. The van der Waals surface area contributed by atoms with E-state index in [4.69, 9.17) is 0 Å². The van der Waals surface area contributed by atoms with Crippen LogP contribution >= 0.6 is 0 Å². The molecule has 106 valence electrons. The molecule has 0 aliphatic carbocycles. The number of quaternary nitrogens is 2. The molecule has 4 nitrogen and oxygen atoms in total. The molecular weight excluding hydrogens is 226 g/mol. The Morgan fingerprint density at radius 2 is 1.89 bits per heavy atom. The smallest absolute Gasteiger partial charge is 0.280 e. The number of likely N-dealkylation sites (tertiary alicyclic amines) is 1. The van der Waals surface area contributed by atoms with Crippen molar-refractivity contribution < 1.29 is 15.0 Å². The van der Waals surface area contributed by atoms with Crippen molar-refractivity contribution in [1.29, 1.82) is 0 Å². The first-order valence-corrected chi connectivity index (χ1v) is 7.31. The lowest BCUT2D eigenvalue weighted by Gasteiger charge is -2.35. The lowest BCUT2D eigenvalue weighted by molar-refractivity contribution is -0.875. The van der Waals surface area contributed by atoms with Crippen LogP contribution in [0.1, 0.15) is 27.2 Å². The van der Waals surface area contributed by atoms with E-state index in [9.17, 15) is 4.79 Å². The zero-order valence-electron chi connectivity index (χ0n) is 12.7. The van der Waals surface area contributed by atoms with Crippen molar-refractivity contribution in [2.75, 3.05) is 40.3 Å². The Labute approximate surface area is 112 Å². The van der Waals surface area contributed by atoms with Gasteiger partial charge in [0.2, 0.25) is 0 Å². The molecule has 18 heavy (non-hydrogen) atoms. The maximum atomic E-state index is 12.4. The predicted octanol–water partition coefficient (Wildman–Crippen LogP) is -1.41. The summed E-state index contributed by atoms with van der Waals surface area (Å²) in [6, 6.07) is 0.0712. The van der Waals surface area contributed by atoms with Gasteiger partial charge < -0.3 is 15.1 Å². The summed E-state index contributed by atoms with van der Waals surface area (Å²) >= 11 is 0. The van der Waals surface area contributed by atoms with E-state index in [0.29, 0.717) is 17.7 Å². The van der Waals surface area contributed by atoms with Gasteiger partial charge in [0.1, 0.15) is 13.1 Å². The lowest BCUT2D eigenvalue weighted by atomic mass is 9.91. The average Bonchev–Trinajstić information content (AvgIpc) is 2.26. The first-order valence-electron chi connectivity index (χ1n) is 7.31. The number of hydrogen-bond donors (Lipinski definition) is 2. The van der Waals surface area contributed by atoms with Gasteiger partial charge in [-0.1, -0.05) is 13.8 Å². The molecule has 3 N–H and O–H groups in total. The number of nitrogens with two attached hydrogens (primary N) is 1. The first-order chi connectivity index (χ1) is 8.40. The normalized spacial score (nSPS) is 26.4. The van der Waals surface area contributed by atoms with E-state index in [-0.39, 0.29) is 6.04 Å². The zero-order valence-corrected chi connectivity index (χ0v) is 12.7. The lowest BCUT2D eigenvalue weighted by Crippen LogP contribution is -3.10. The SMILES string of the molecule is C[C@@H]1C[C@@H](C)CN(C(=O)[C@@H](C)[NH2+]CC[NH+](C)C)C1. The van der Waals surface area contributed by atoms with Gasteiger partial charge in [-0.25, -0.2) is 0 Å². The second kappa shape index (κ2) is 7.10. The van der Waals surface area contributed by atoms with Crippen LogP contribution in [0.15, 0.2) is 0 Å². The monoisotopic (exact) mass is 257 g/mol. The van der Waals surface area contributed by atoms with Gasteiger partial charge in [-0.3, -0.25) is 4.79 Å². The van der Waals surface area contributed by atoms with Gasteiger partial charge in [0.25, 0.3) is 5.91 Å². The first kappa shape index (κ1) is 15.4. The van der Waals surface area contributed by atoms with Gasteiger partial charge >= 0.3 is 0 Å². The molecule has 0 saturated carbocycles. The summed E-state index contributed by atoms with van der Waals surface area (Å²) < 4.78 is 0. The number of carbonyl (C=O) groups excluding carboxylic acids is 1. The van der Waals surface area contributed by atoms with E-state index in [1.165, 1.54) is 11.3 Å². The predicted molar refractivity (Wildman–Crippen MR) is 73.5 cm³/mol. The molecule has 3 atom stereocenters. The van der Waals surface area contributed by atoms with Gasteiger partial charge in [0.05, 0.1) is 14.1 Å². The molecule has 0 unspecified atom stereocenters. The number of likely N-dealkylation sites (N-methyl/N-ethyl adjacent to an activating group) is 1. The Morgan fingerprint density at radius 3 is 2.39 bits per heavy atom. The molecule has 4 heteroatoms. The quantitative estimate of drug-likeness (QED) is 0.624. The summed E-state index contributed by atoms with van der Waals surface area (Å²) in [5, 5.41) is 2.18. The second-order valence-corrected chi connectivity index (χ2v) is 6.46. The zero-order chi connectivity index (χ0) is 13.7. The summed E-state index contributed by atoms with van der Waals surface area (Å²) in [5.74, 6) is 1.62. The number of hydrogen-bond acceptors (Lipinski definition) is 1. The molecule has 1 aliphatic heterocycles. The molecule has 0 radical (unpaired) electrons. The molecule has 0 aromatic heterocycles. The summed E-state index contributed by atoms with van der Waals surface area (Å²) in [6.45, 7) is 10.6. The van der Waals surface area contributed by atoms with Crippen LogP contribution in [0.2, 0.25) is 0 Å². The van der Waals surface area contributed by atoms with Crippen molar-refractivity contribution in [2.45, 2.75) is 33.2 Å². The molecule has 0 aromatic rings. The molecule has 0 bridgehead atoms. The number of piperidine rings is 1. The molecule has 0 spiro atoms. The van der Waals surface area contributed by atoms with E-state index < -0.39 is 0 Å². The number of nitrogens with zero attached hydrogens (tertiary/aromatic N) is 1. The highest BCUT2D eigenvalue weighted by Crippen LogP contribution is 2.20. The minimum absolute atomic E-state index is 0.0712. The third-order valence-corrected chi connectivity index (χ3v) is 3.73. The van der Waals surface area contributed by atoms with Crippen molar-refractivity contribution in [3.05, 3.63) is 0 Å². The van der Waals surface area contributed by atoms with Gasteiger partial charge in [-0.2, -0.15) is 0 Å². The van der Waals surface area contributed by atoms with Crippen LogP contribution in [-0.2, 0) is 4.79 Å². The van der Waals surface area contributed by atoms with Gasteiger partial charge in [0, 0.05) is 13.1 Å². The number of rotatable bonds is 5. The van der Waals surface area contributed by atoms with Crippen LogP contribution in [0.4, 0.5) is 0 Å². The molecule has 1 saturated heterocycles. The van der Waals surface area contributed by atoms with Crippen molar-refractivity contribution in [1.82, 2.24) is 4.90 Å². The van der Waals surface area contributed by atoms with E-state index in [1.807, 2.05) is 6.92 Å². The molecule has 0 aromatic carbocycles. The van der Waals surface area contributed by atoms with Crippen LogP contribution in [0.3, 0.4) is 0 Å². The fraction of sp³-hybridized carbons (Fsp3) is 0.929. The fourth-order valence-corrected chi connectivity index (χ4v) is 2.85. The highest BCUT2D eigenvalue weighted by Gasteiger charge is 2.29. The van der Waals surface area contributed by atoms with E-state index in [2.05, 4.69) is 38.2 Å². The Kier molecular flexibility index (Phi) is 6.09. The summed E-state index contributed by atoms with van der Waals surface area (Å²) in [4.78, 5) is 15.9. The van der Waals surface area contributed by atoms with Crippen LogP contribution in [-0.4, -0.2) is 57.1 Å². The van der Waals surface area contributed by atoms with Gasteiger partial charge in [-0.05, 0) is 25.2 Å². The molecule has 1 rings (SSSR count). The molecule has 1 fully saturated rings. The largest absolute Gasteiger partial charge is 0.337 e. The number of nitrogens with one attached hydrogen (secondary N) is 1. The average molecular weight is 257 g/mol. The Morgan fingerprint density at radius 1 is 1.33 bits per heavy atom. The number of carbonyl (C=O) groups is 1. The van der Waals surface area contributed by atoms with Crippen LogP contribution in [0.5, 0.6) is 0 Å². The van der Waals surface area contributed by atoms with Crippen molar-refractivity contribution in [2.24, 2.45) is 11.8 Å². The molecular formula is C14H31N3O+2. The number of amides is 1. The minimum Gasteiger partial charge on any atom is -0.337 e. The second-order valence-electron chi connectivity index (χ2n) is 6.46. The molecule has 1 aliphatic rings. The van der Waals surface area contributed by atoms with Crippen LogP contribution in [0.25, 0.3) is 0 Å². The van der Waals surface area contributed by atoms with E-state index in [1.54, 1.807) is 0 Å². The van der Waals surface area contributed by atoms with Gasteiger partial charge in [-0.15, -0.1) is 0 Å². The van der Waals surface area contributed by atoms with Crippen LogP contribution < -0.4 is 10.2 Å². The van der Waals surface area contributed by atoms with Crippen molar-refractivity contribution in [3.63, 3.8) is 0 Å². The highest BCUT2D eigenvalue weighted by atomic mass is 16.2. The van der Waals surface area contributed by atoms with Crippen molar-refractivity contribution in [3.8, 4) is 0 Å². The Hall–Kier alpha value is -0.610. The molecule has 1 amide bonds. The Bertz CT molecular complexity index is 258. The topological polar surface area (TPSA) is 41.4 Å². The maximum absolute atomic E-state index is 12.4. The Balaban J connectivity index is 2.38. The summed E-state index contributed by atoms with van der Waals surface area (Å²) in [7, 11) is 4.29.